The molecule has 5 nitrogen and oxygen atoms in total. The van der Waals surface area contributed by atoms with Crippen LogP contribution >= 0.6 is 11.3 Å². The lowest BCUT2D eigenvalue weighted by atomic mass is 10.2. The third-order valence-corrected chi connectivity index (χ3v) is 3.71. The summed E-state index contributed by atoms with van der Waals surface area (Å²) in [5.41, 5.74) is 4.64. The zero-order valence-electron chi connectivity index (χ0n) is 10.1. The minimum Gasteiger partial charge on any atom is -0.339 e. The van der Waals surface area contributed by atoms with Gasteiger partial charge >= 0.3 is 0 Å². The Labute approximate surface area is 109 Å². The number of hydrogen-bond acceptors (Lipinski definition) is 6. The zero-order chi connectivity index (χ0) is 12.5. The van der Waals surface area contributed by atoms with Gasteiger partial charge in [0.2, 0.25) is 0 Å². The van der Waals surface area contributed by atoms with Crippen LogP contribution in [0.5, 0.6) is 0 Å². The molecule has 3 rings (SSSR count). The Kier molecular flexibility index (Phi) is 2.89. The number of rotatable bonds is 4. The van der Waals surface area contributed by atoms with Gasteiger partial charge in [-0.2, -0.15) is 11.3 Å². The summed E-state index contributed by atoms with van der Waals surface area (Å²) in [7, 11) is 0. The molecule has 0 aromatic carbocycles. The molecule has 4 N–H and O–H groups in total. The van der Waals surface area contributed by atoms with Crippen molar-refractivity contribution in [1.29, 1.82) is 0 Å². The summed E-state index contributed by atoms with van der Waals surface area (Å²) >= 11 is 1.65. The number of nitrogens with two attached hydrogens (primary N) is 1. The second kappa shape index (κ2) is 4.55. The van der Waals surface area contributed by atoms with Crippen molar-refractivity contribution in [2.45, 2.75) is 25.7 Å². The van der Waals surface area contributed by atoms with E-state index in [9.17, 15) is 0 Å². The van der Waals surface area contributed by atoms with Crippen molar-refractivity contribution in [2.24, 2.45) is 5.84 Å². The van der Waals surface area contributed by atoms with Crippen LogP contribution in [-0.2, 0) is 0 Å². The van der Waals surface area contributed by atoms with E-state index in [0.717, 1.165) is 22.9 Å². The Morgan fingerprint density at radius 3 is 2.72 bits per heavy atom. The van der Waals surface area contributed by atoms with Crippen LogP contribution in [0.4, 0.5) is 17.3 Å². The number of thiophene rings is 1. The van der Waals surface area contributed by atoms with Crippen LogP contribution in [0.15, 0.2) is 16.8 Å². The zero-order valence-corrected chi connectivity index (χ0v) is 10.9. The molecule has 0 atom stereocenters. The molecule has 0 amide bonds. The second-order valence-electron chi connectivity index (χ2n) is 4.46. The van der Waals surface area contributed by atoms with E-state index in [1.54, 1.807) is 11.3 Å². The van der Waals surface area contributed by atoms with Crippen molar-refractivity contribution in [1.82, 2.24) is 9.97 Å². The van der Waals surface area contributed by atoms with Crippen LogP contribution in [0.2, 0.25) is 0 Å². The van der Waals surface area contributed by atoms with E-state index in [4.69, 9.17) is 5.84 Å². The summed E-state index contributed by atoms with van der Waals surface area (Å²) in [5, 5.41) is 7.39. The molecule has 0 unspecified atom stereocenters. The van der Waals surface area contributed by atoms with E-state index >= 15 is 0 Å². The number of hydrogen-bond donors (Lipinski definition) is 3. The van der Waals surface area contributed by atoms with E-state index in [2.05, 4.69) is 20.7 Å². The largest absolute Gasteiger partial charge is 0.339 e. The molecule has 0 saturated heterocycles. The second-order valence-corrected chi connectivity index (χ2v) is 5.24. The van der Waals surface area contributed by atoms with E-state index in [1.165, 1.54) is 12.8 Å². The molecular weight excluding hydrogens is 246 g/mol. The lowest BCUT2D eigenvalue weighted by Gasteiger charge is -2.12. The highest BCUT2D eigenvalue weighted by atomic mass is 32.1. The monoisotopic (exact) mass is 261 g/mol. The first-order chi connectivity index (χ1) is 8.78. The van der Waals surface area contributed by atoms with Crippen LogP contribution in [-0.4, -0.2) is 9.97 Å². The Hall–Kier alpha value is -1.66. The molecule has 1 aliphatic carbocycles. The minimum atomic E-state index is 0.501. The van der Waals surface area contributed by atoms with E-state index in [1.807, 2.05) is 23.8 Å². The highest BCUT2D eigenvalue weighted by Crippen LogP contribution is 2.39. The molecule has 1 aliphatic rings. The molecule has 0 spiro atoms. The van der Waals surface area contributed by atoms with Crippen LogP contribution in [0.3, 0.4) is 0 Å². The summed E-state index contributed by atoms with van der Waals surface area (Å²) < 4.78 is 0. The van der Waals surface area contributed by atoms with Gasteiger partial charge in [0, 0.05) is 16.9 Å². The maximum absolute atomic E-state index is 5.52. The fourth-order valence-electron chi connectivity index (χ4n) is 1.79. The fraction of sp³-hybridized carbons (Fsp3) is 0.333. The fourth-order valence-corrected chi connectivity index (χ4v) is 2.38. The molecule has 2 aromatic heterocycles. The van der Waals surface area contributed by atoms with E-state index < -0.39 is 0 Å². The molecule has 0 radical (unpaired) electrons. The smallest absolute Gasteiger partial charge is 0.148 e. The van der Waals surface area contributed by atoms with Gasteiger partial charge in [0.25, 0.3) is 0 Å². The molecule has 94 valence electrons. The first-order valence-electron chi connectivity index (χ1n) is 5.92. The third kappa shape index (κ3) is 2.16. The van der Waals surface area contributed by atoms with Crippen molar-refractivity contribution in [2.75, 3.05) is 10.7 Å². The van der Waals surface area contributed by atoms with Gasteiger partial charge in [-0.15, -0.1) is 0 Å². The van der Waals surface area contributed by atoms with Gasteiger partial charge < -0.3 is 10.7 Å². The quantitative estimate of drug-likeness (QED) is 0.583. The summed E-state index contributed by atoms with van der Waals surface area (Å²) in [6, 6.07) is 2.03. The summed E-state index contributed by atoms with van der Waals surface area (Å²) in [5.74, 6) is 8.43. The van der Waals surface area contributed by atoms with Crippen LogP contribution < -0.4 is 16.6 Å². The molecular formula is C12H15N5S. The average molecular weight is 261 g/mol. The van der Waals surface area contributed by atoms with Gasteiger partial charge in [-0.3, -0.25) is 0 Å². The standard InChI is InChI=1S/C12H15N5S/c1-7-10(14-9-4-5-18-6-9)15-12(8-2-3-8)16-11(7)17-13/h4-6,8H,2-3,13H2,1H3,(H2,14,15,16,17). The predicted octanol–water partition coefficient (Wildman–Crippen LogP) is 2.75. The molecule has 0 bridgehead atoms. The average Bonchev–Trinajstić information content (AvgIpc) is 3.11. The highest BCUT2D eigenvalue weighted by Gasteiger charge is 2.28. The molecule has 2 aromatic rings. The Morgan fingerprint density at radius 1 is 1.33 bits per heavy atom. The maximum atomic E-state index is 5.52. The minimum absolute atomic E-state index is 0.501. The summed E-state index contributed by atoms with van der Waals surface area (Å²) in [4.78, 5) is 9.06. The lowest BCUT2D eigenvalue weighted by molar-refractivity contribution is 0.920. The molecule has 0 aliphatic heterocycles. The summed E-state index contributed by atoms with van der Waals surface area (Å²) in [6.07, 6.45) is 2.34. The summed E-state index contributed by atoms with van der Waals surface area (Å²) in [6.45, 7) is 1.96. The van der Waals surface area contributed by atoms with Gasteiger partial charge in [0.1, 0.15) is 17.5 Å². The first-order valence-corrected chi connectivity index (χ1v) is 6.86. The Bertz CT molecular complexity index is 548. The predicted molar refractivity (Wildman–Crippen MR) is 74.2 cm³/mol. The molecule has 2 heterocycles. The molecule has 18 heavy (non-hydrogen) atoms. The third-order valence-electron chi connectivity index (χ3n) is 3.03. The van der Waals surface area contributed by atoms with Gasteiger partial charge in [-0.05, 0) is 31.2 Å². The Morgan fingerprint density at radius 2 is 2.11 bits per heavy atom. The topological polar surface area (TPSA) is 75.9 Å². The van der Waals surface area contributed by atoms with Gasteiger partial charge in [0.15, 0.2) is 0 Å². The van der Waals surface area contributed by atoms with Crippen molar-refractivity contribution in [3.8, 4) is 0 Å². The molecule has 1 saturated carbocycles. The van der Waals surface area contributed by atoms with E-state index in [-0.39, 0.29) is 0 Å². The lowest BCUT2D eigenvalue weighted by Crippen LogP contribution is -2.13. The van der Waals surface area contributed by atoms with Crippen molar-refractivity contribution in [3.63, 3.8) is 0 Å². The Balaban J connectivity index is 1.98. The number of nitrogens with zero attached hydrogens (tertiary/aromatic N) is 2. The van der Waals surface area contributed by atoms with Crippen LogP contribution in [0.25, 0.3) is 0 Å². The molecule has 6 heteroatoms. The van der Waals surface area contributed by atoms with E-state index in [0.29, 0.717) is 11.7 Å². The number of anilines is 3. The SMILES string of the molecule is Cc1c(NN)nc(C2CC2)nc1Nc1ccsc1. The highest BCUT2D eigenvalue weighted by molar-refractivity contribution is 7.08. The number of hydrazine groups is 1. The van der Waals surface area contributed by atoms with Crippen LogP contribution in [0, 0.1) is 6.92 Å². The number of nitrogens with one attached hydrogen (secondary N) is 2. The van der Waals surface area contributed by atoms with Gasteiger partial charge in [-0.25, -0.2) is 15.8 Å². The van der Waals surface area contributed by atoms with Crippen molar-refractivity contribution in [3.05, 3.63) is 28.2 Å². The van der Waals surface area contributed by atoms with Crippen LogP contribution in [0.1, 0.15) is 30.1 Å². The first kappa shape index (κ1) is 11.4. The number of aromatic nitrogens is 2. The van der Waals surface area contributed by atoms with Gasteiger partial charge in [-0.1, -0.05) is 0 Å². The molecule has 1 fully saturated rings. The number of nitrogen functional groups attached to an aromatic ring is 1. The van der Waals surface area contributed by atoms with Crippen molar-refractivity contribution < 1.29 is 0 Å². The maximum Gasteiger partial charge on any atom is 0.148 e. The normalized spacial score (nSPS) is 14.6. The van der Waals surface area contributed by atoms with Gasteiger partial charge in [0.05, 0.1) is 5.69 Å². The van der Waals surface area contributed by atoms with Crippen molar-refractivity contribution >= 4 is 28.7 Å².